The van der Waals surface area contributed by atoms with Gasteiger partial charge >= 0.3 is 0 Å². The van der Waals surface area contributed by atoms with Crippen molar-refractivity contribution >= 4 is 43.2 Å². The Morgan fingerprint density at radius 1 is 1.12 bits per heavy atom. The predicted molar refractivity (Wildman–Crippen MR) is 130 cm³/mol. The summed E-state index contributed by atoms with van der Waals surface area (Å²) in [4.78, 5) is 17.7. The molecule has 0 aliphatic rings. The molecule has 0 unspecified atom stereocenters. The van der Waals surface area contributed by atoms with Gasteiger partial charge in [0.15, 0.2) is 4.80 Å². The Labute approximate surface area is 200 Å². The van der Waals surface area contributed by atoms with Crippen molar-refractivity contribution in [3.8, 4) is 0 Å². The molecule has 34 heavy (non-hydrogen) atoms. The number of hydrogen-bond donors (Lipinski definition) is 1. The Morgan fingerprint density at radius 3 is 2.62 bits per heavy atom. The van der Waals surface area contributed by atoms with E-state index < -0.39 is 15.9 Å². The Morgan fingerprint density at radius 2 is 1.88 bits per heavy atom. The van der Waals surface area contributed by atoms with Crippen molar-refractivity contribution in [2.24, 2.45) is 4.99 Å². The average Bonchev–Trinajstić information content (AvgIpc) is 3.13. The number of carbonyl (C=O) groups excluding carboxylic acids is 1. The number of amides is 1. The molecule has 1 N–H and O–H groups in total. The molecule has 0 aliphatic carbocycles. The lowest BCUT2D eigenvalue weighted by molar-refractivity contribution is 0.0997. The number of methoxy groups -OCH3 is 1. The molecule has 0 atom stereocenters. The number of carbonyl (C=O) groups is 1. The third-order valence-electron chi connectivity index (χ3n) is 5.05. The van der Waals surface area contributed by atoms with Crippen molar-refractivity contribution in [3.63, 3.8) is 0 Å². The van der Waals surface area contributed by atoms with Crippen molar-refractivity contribution < 1.29 is 22.3 Å². The fourth-order valence-electron chi connectivity index (χ4n) is 3.33. The van der Waals surface area contributed by atoms with Crippen LogP contribution >= 0.6 is 11.3 Å². The summed E-state index contributed by atoms with van der Waals surface area (Å²) in [5.74, 6) is -0.923. The topological polar surface area (TPSA) is 89.8 Å². The van der Waals surface area contributed by atoms with Gasteiger partial charge in [-0.25, -0.2) is 12.8 Å². The number of nitrogens with zero attached hydrogens (tertiary/aromatic N) is 2. The van der Waals surface area contributed by atoms with E-state index in [2.05, 4.69) is 9.71 Å². The van der Waals surface area contributed by atoms with E-state index in [9.17, 15) is 17.6 Å². The van der Waals surface area contributed by atoms with Crippen LogP contribution in [0.2, 0.25) is 0 Å². The maximum atomic E-state index is 13.7. The van der Waals surface area contributed by atoms with Gasteiger partial charge in [-0.15, -0.1) is 0 Å². The minimum absolute atomic E-state index is 0.121. The highest BCUT2D eigenvalue weighted by atomic mass is 32.2. The van der Waals surface area contributed by atoms with Crippen LogP contribution in [0.25, 0.3) is 10.2 Å². The molecule has 0 fully saturated rings. The summed E-state index contributed by atoms with van der Waals surface area (Å²) in [6, 6.07) is 17.0. The van der Waals surface area contributed by atoms with Gasteiger partial charge in [-0.05, 0) is 55.5 Å². The maximum Gasteiger partial charge on any atom is 0.279 e. The molecule has 3 aromatic carbocycles. The summed E-state index contributed by atoms with van der Waals surface area (Å²) in [6.07, 6.45) is 0. The molecule has 1 amide bonds. The Balaban J connectivity index is 1.66. The van der Waals surface area contributed by atoms with E-state index in [4.69, 9.17) is 4.74 Å². The van der Waals surface area contributed by atoms with Crippen LogP contribution in [0.3, 0.4) is 0 Å². The normalized spacial score (nSPS) is 12.3. The van der Waals surface area contributed by atoms with Crippen molar-refractivity contribution in [2.45, 2.75) is 18.4 Å². The molecule has 10 heteroatoms. The molecule has 4 rings (SSSR count). The number of fused-ring (bicyclic) bond motifs is 1. The number of aromatic nitrogens is 1. The molecule has 0 bridgehead atoms. The smallest absolute Gasteiger partial charge is 0.279 e. The predicted octanol–water partition coefficient (Wildman–Crippen LogP) is 4.34. The zero-order valence-electron chi connectivity index (χ0n) is 18.5. The van der Waals surface area contributed by atoms with Crippen molar-refractivity contribution in [2.75, 3.05) is 18.4 Å². The zero-order chi connectivity index (χ0) is 24.3. The molecular formula is C24H22FN3O4S2. The summed E-state index contributed by atoms with van der Waals surface area (Å²) < 4.78 is 49.2. The van der Waals surface area contributed by atoms with Gasteiger partial charge in [-0.1, -0.05) is 35.1 Å². The number of ether oxygens (including phenoxy) is 1. The van der Waals surface area contributed by atoms with Crippen LogP contribution in [0.5, 0.6) is 0 Å². The molecule has 1 heterocycles. The van der Waals surface area contributed by atoms with Crippen molar-refractivity contribution in [1.29, 1.82) is 0 Å². The van der Waals surface area contributed by atoms with Crippen LogP contribution in [0.15, 0.2) is 76.6 Å². The standard InChI is InChI=1S/C24H22FN3O4S2/c1-16-6-9-20(10-7-16)34(30,31)27-19-5-3-4-17(14-19)23(29)26-24-28(12-13-32-2)21-11-8-18(25)15-22(21)33-24/h3-11,14-15,27H,12-13H2,1-2H3. The molecule has 4 aromatic rings. The van der Waals surface area contributed by atoms with Crippen molar-refractivity contribution in [1.82, 2.24) is 4.57 Å². The minimum Gasteiger partial charge on any atom is -0.383 e. The quantitative estimate of drug-likeness (QED) is 0.410. The largest absolute Gasteiger partial charge is 0.383 e. The average molecular weight is 500 g/mol. The van der Waals surface area contributed by atoms with E-state index in [-0.39, 0.29) is 22.0 Å². The number of benzene rings is 3. The number of thiazole rings is 1. The van der Waals surface area contributed by atoms with E-state index in [1.54, 1.807) is 48.1 Å². The van der Waals surface area contributed by atoms with E-state index >= 15 is 0 Å². The maximum absolute atomic E-state index is 13.7. The van der Waals surface area contributed by atoms with Gasteiger partial charge in [0, 0.05) is 24.9 Å². The lowest BCUT2D eigenvalue weighted by Gasteiger charge is -2.09. The first kappa shape index (κ1) is 23.8. The van der Waals surface area contributed by atoms with Gasteiger partial charge in [0.2, 0.25) is 0 Å². The molecule has 1 aromatic heterocycles. The molecular weight excluding hydrogens is 477 g/mol. The Hall–Kier alpha value is -3.34. The molecule has 0 aliphatic heterocycles. The van der Waals surface area contributed by atoms with Gasteiger partial charge in [0.25, 0.3) is 15.9 Å². The summed E-state index contributed by atoms with van der Waals surface area (Å²) in [5.41, 5.74) is 2.15. The van der Waals surface area contributed by atoms with E-state index in [0.29, 0.717) is 22.7 Å². The third-order valence-corrected chi connectivity index (χ3v) is 7.49. The second-order valence-corrected chi connectivity index (χ2v) is 10.2. The Bertz CT molecular complexity index is 1520. The SMILES string of the molecule is COCCn1c(=NC(=O)c2cccc(NS(=O)(=O)c3ccc(C)cc3)c2)sc2cc(F)ccc21. The number of sulfonamides is 1. The highest BCUT2D eigenvalue weighted by Gasteiger charge is 2.15. The summed E-state index contributed by atoms with van der Waals surface area (Å²) in [7, 11) is -2.24. The van der Waals surface area contributed by atoms with Crippen LogP contribution in [-0.4, -0.2) is 32.6 Å². The lowest BCUT2D eigenvalue weighted by Crippen LogP contribution is -2.19. The van der Waals surface area contributed by atoms with Gasteiger partial charge in [-0.2, -0.15) is 4.99 Å². The zero-order valence-corrected chi connectivity index (χ0v) is 20.1. The first-order chi connectivity index (χ1) is 16.3. The van der Waals surface area contributed by atoms with Crippen LogP contribution < -0.4 is 9.52 Å². The first-order valence-electron chi connectivity index (χ1n) is 10.3. The van der Waals surface area contributed by atoms with Crippen molar-refractivity contribution in [3.05, 3.63) is 88.5 Å². The number of hydrogen-bond acceptors (Lipinski definition) is 5. The van der Waals surface area contributed by atoms with Crippen LogP contribution in [0.1, 0.15) is 15.9 Å². The summed E-state index contributed by atoms with van der Waals surface area (Å²) in [6.45, 7) is 2.69. The van der Waals surface area contributed by atoms with Gasteiger partial charge in [-0.3, -0.25) is 9.52 Å². The molecule has 7 nitrogen and oxygen atoms in total. The molecule has 0 spiro atoms. The fourth-order valence-corrected chi connectivity index (χ4v) is 5.46. The molecule has 0 saturated carbocycles. The molecule has 0 radical (unpaired) electrons. The highest BCUT2D eigenvalue weighted by Crippen LogP contribution is 2.20. The summed E-state index contributed by atoms with van der Waals surface area (Å²) in [5, 5.41) is 0. The first-order valence-corrected chi connectivity index (χ1v) is 12.6. The van der Waals surface area contributed by atoms with Crippen LogP contribution in [-0.2, 0) is 21.3 Å². The number of aryl methyl sites for hydroxylation is 1. The van der Waals surface area contributed by atoms with Crippen LogP contribution in [0.4, 0.5) is 10.1 Å². The number of anilines is 1. The number of rotatable bonds is 7. The third kappa shape index (κ3) is 5.24. The Kier molecular flexibility index (Phi) is 6.92. The number of halogens is 1. The van der Waals surface area contributed by atoms with E-state index in [1.807, 2.05) is 6.92 Å². The van der Waals surface area contributed by atoms with Gasteiger partial charge in [0.1, 0.15) is 5.82 Å². The second-order valence-electron chi connectivity index (χ2n) is 7.56. The molecule has 176 valence electrons. The van der Waals surface area contributed by atoms with E-state index in [0.717, 1.165) is 11.1 Å². The fraction of sp³-hybridized carbons (Fsp3) is 0.167. The second kappa shape index (κ2) is 9.88. The van der Waals surface area contributed by atoms with Crippen LogP contribution in [0, 0.1) is 12.7 Å². The highest BCUT2D eigenvalue weighted by molar-refractivity contribution is 7.92. The van der Waals surface area contributed by atoms with Gasteiger partial charge < -0.3 is 9.30 Å². The monoisotopic (exact) mass is 499 g/mol. The minimum atomic E-state index is -3.81. The number of nitrogens with one attached hydrogen (secondary N) is 1. The summed E-state index contributed by atoms with van der Waals surface area (Å²) >= 11 is 1.19. The molecule has 0 saturated heterocycles. The van der Waals surface area contributed by atoms with Gasteiger partial charge in [0.05, 0.1) is 21.7 Å². The lowest BCUT2D eigenvalue weighted by atomic mass is 10.2. The van der Waals surface area contributed by atoms with E-state index in [1.165, 1.54) is 41.7 Å².